The fourth-order valence-corrected chi connectivity index (χ4v) is 10.7. The SMILES string of the molecule is Cc1ccccc1N(c1ccc2c3ccccc3n(-c3ccccc3)c2c1)C1CC2=C(c3ccccc3C2(c2cccc(F)c2)c2cccc(F)c2)c2oc3ccccc3c21. The summed E-state index contributed by atoms with van der Waals surface area (Å²) in [4.78, 5) is 2.48. The average Bonchev–Trinajstić information content (AvgIpc) is 3.94. The van der Waals surface area contributed by atoms with Crippen LogP contribution in [-0.4, -0.2) is 4.57 Å². The minimum atomic E-state index is -1.04. The van der Waals surface area contributed by atoms with E-state index in [0.29, 0.717) is 6.42 Å². The molecule has 0 N–H and O–H groups in total. The largest absolute Gasteiger partial charge is 0.456 e. The highest BCUT2D eigenvalue weighted by molar-refractivity contribution is 6.10. The number of benzene rings is 8. The fourth-order valence-electron chi connectivity index (χ4n) is 10.7. The standard InChI is InChI=1S/C56H38F2N2O/c1-35-15-5-10-26-48(35)60(41-29-30-43-42-22-7-11-27-49(42)59(50(43)33-41)40-20-3-2-4-21-40)51-34-47-53(55-54(51)45-24-8-12-28-52(45)61-55)44-23-6-9-25-46(44)56(47,36-16-13-18-38(57)31-36)37-17-14-19-39(58)32-37/h2-33,51H,34H2,1H3. The van der Waals surface area contributed by atoms with Gasteiger partial charge in [-0.15, -0.1) is 0 Å². The minimum absolute atomic E-state index is 0.304. The second kappa shape index (κ2) is 13.5. The van der Waals surface area contributed by atoms with Crippen molar-refractivity contribution in [1.29, 1.82) is 0 Å². The molecule has 2 aliphatic carbocycles. The molecule has 0 aliphatic heterocycles. The first-order valence-corrected chi connectivity index (χ1v) is 20.8. The molecule has 1 unspecified atom stereocenters. The summed E-state index contributed by atoms with van der Waals surface area (Å²) in [5, 5.41) is 3.39. The van der Waals surface area contributed by atoms with E-state index in [0.717, 1.165) is 89.4 Å². The highest BCUT2D eigenvalue weighted by atomic mass is 19.1. The second-order valence-electron chi connectivity index (χ2n) is 16.3. The maximum absolute atomic E-state index is 15.7. The van der Waals surface area contributed by atoms with Crippen molar-refractivity contribution in [2.24, 2.45) is 0 Å². The first kappa shape index (κ1) is 35.4. The number of anilines is 2. The van der Waals surface area contributed by atoms with Crippen LogP contribution in [0.1, 0.15) is 51.6 Å². The molecule has 0 fully saturated rings. The van der Waals surface area contributed by atoms with Crippen molar-refractivity contribution in [1.82, 2.24) is 4.57 Å². The van der Waals surface area contributed by atoms with Gasteiger partial charge in [-0.1, -0.05) is 127 Å². The molecule has 61 heavy (non-hydrogen) atoms. The van der Waals surface area contributed by atoms with E-state index in [1.54, 1.807) is 24.3 Å². The van der Waals surface area contributed by atoms with Crippen LogP contribution in [0.3, 0.4) is 0 Å². The summed E-state index contributed by atoms with van der Waals surface area (Å²) in [5.41, 5.74) is 12.8. The van der Waals surface area contributed by atoms with Gasteiger partial charge in [0.2, 0.25) is 0 Å². The van der Waals surface area contributed by atoms with Crippen LogP contribution >= 0.6 is 0 Å². The van der Waals surface area contributed by atoms with E-state index in [4.69, 9.17) is 4.42 Å². The van der Waals surface area contributed by atoms with Gasteiger partial charge in [0.25, 0.3) is 0 Å². The maximum Gasteiger partial charge on any atom is 0.141 e. The number of hydrogen-bond donors (Lipinski definition) is 0. The Kier molecular flexibility index (Phi) is 7.85. The van der Waals surface area contributed by atoms with Crippen LogP contribution in [0.5, 0.6) is 0 Å². The molecule has 292 valence electrons. The molecule has 0 amide bonds. The highest BCUT2D eigenvalue weighted by Crippen LogP contribution is 2.63. The Morgan fingerprint density at radius 1 is 0.590 bits per heavy atom. The lowest BCUT2D eigenvalue weighted by atomic mass is 9.64. The number of nitrogens with zero attached hydrogens (tertiary/aromatic N) is 2. The number of para-hydroxylation sites is 4. The molecule has 2 aromatic heterocycles. The van der Waals surface area contributed by atoms with E-state index in [9.17, 15) is 0 Å². The van der Waals surface area contributed by atoms with Crippen molar-refractivity contribution < 1.29 is 13.2 Å². The summed E-state index contributed by atoms with van der Waals surface area (Å²) < 4.78 is 40.9. The van der Waals surface area contributed by atoms with Crippen molar-refractivity contribution >= 4 is 49.7 Å². The van der Waals surface area contributed by atoms with Crippen molar-refractivity contribution in [3.8, 4) is 5.69 Å². The molecule has 0 radical (unpaired) electrons. The van der Waals surface area contributed by atoms with E-state index in [1.165, 1.54) is 22.9 Å². The summed E-state index contributed by atoms with van der Waals surface area (Å²) >= 11 is 0. The van der Waals surface area contributed by atoms with Gasteiger partial charge in [0.1, 0.15) is 23.0 Å². The summed E-state index contributed by atoms with van der Waals surface area (Å²) in [6.07, 6.45) is 0.529. The molecule has 2 aliphatic rings. The zero-order chi connectivity index (χ0) is 40.8. The van der Waals surface area contributed by atoms with Crippen molar-refractivity contribution in [2.45, 2.75) is 24.8 Å². The lowest BCUT2D eigenvalue weighted by Crippen LogP contribution is -2.35. The van der Waals surface area contributed by atoms with Gasteiger partial charge in [0, 0.05) is 44.4 Å². The Hall–Kier alpha value is -7.50. The Labute approximate surface area is 352 Å². The third-order valence-corrected chi connectivity index (χ3v) is 13.1. The van der Waals surface area contributed by atoms with Crippen molar-refractivity contribution in [2.75, 3.05) is 4.90 Å². The average molecular weight is 793 g/mol. The Morgan fingerprint density at radius 3 is 2.02 bits per heavy atom. The van der Waals surface area contributed by atoms with Crippen LogP contribution in [0, 0.1) is 18.6 Å². The number of furan rings is 1. The third-order valence-electron chi connectivity index (χ3n) is 13.1. The molecular formula is C56H38F2N2O. The zero-order valence-electron chi connectivity index (χ0n) is 33.3. The molecule has 2 heterocycles. The maximum atomic E-state index is 15.7. The Bertz CT molecular complexity index is 3370. The van der Waals surface area contributed by atoms with Gasteiger partial charge < -0.3 is 13.9 Å². The van der Waals surface area contributed by atoms with Crippen LogP contribution < -0.4 is 4.90 Å². The first-order chi connectivity index (χ1) is 30.0. The van der Waals surface area contributed by atoms with E-state index < -0.39 is 5.41 Å². The summed E-state index contributed by atoms with van der Waals surface area (Å²) in [7, 11) is 0. The zero-order valence-corrected chi connectivity index (χ0v) is 33.3. The van der Waals surface area contributed by atoms with Crippen molar-refractivity contribution in [3.05, 3.63) is 250 Å². The minimum Gasteiger partial charge on any atom is -0.456 e. The molecule has 1 atom stereocenters. The monoisotopic (exact) mass is 792 g/mol. The fraction of sp³-hybridized carbons (Fsp3) is 0.0714. The van der Waals surface area contributed by atoms with Crippen molar-refractivity contribution in [3.63, 3.8) is 0 Å². The number of fused-ring (bicyclic) bond motifs is 9. The highest BCUT2D eigenvalue weighted by Gasteiger charge is 2.53. The van der Waals surface area contributed by atoms with Crippen LogP contribution in [-0.2, 0) is 5.41 Å². The topological polar surface area (TPSA) is 21.3 Å². The normalized spacial score (nSPS) is 15.3. The molecule has 12 rings (SSSR count). The van der Waals surface area contributed by atoms with Crippen LogP contribution in [0.2, 0.25) is 0 Å². The van der Waals surface area contributed by atoms with Gasteiger partial charge in [-0.3, -0.25) is 0 Å². The molecule has 0 bridgehead atoms. The smallest absolute Gasteiger partial charge is 0.141 e. The van der Waals surface area contributed by atoms with Crippen LogP contribution in [0.25, 0.3) is 44.0 Å². The molecule has 3 nitrogen and oxygen atoms in total. The van der Waals surface area contributed by atoms with Crippen LogP contribution in [0.4, 0.5) is 20.2 Å². The van der Waals surface area contributed by atoms with E-state index in [2.05, 4.69) is 138 Å². The van der Waals surface area contributed by atoms with Gasteiger partial charge in [0.05, 0.1) is 22.5 Å². The van der Waals surface area contributed by atoms with Crippen LogP contribution in [0.15, 0.2) is 204 Å². The quantitative estimate of drug-likeness (QED) is 0.167. The summed E-state index contributed by atoms with van der Waals surface area (Å²) in [6, 6.07) is 64.6. The Morgan fingerprint density at radius 2 is 1.25 bits per heavy atom. The lowest BCUT2D eigenvalue weighted by molar-refractivity contribution is 0.553. The first-order valence-electron chi connectivity index (χ1n) is 20.8. The molecule has 0 spiro atoms. The Balaban J connectivity index is 1.19. The molecule has 10 aromatic rings. The van der Waals surface area contributed by atoms with Gasteiger partial charge in [-0.25, -0.2) is 8.78 Å². The van der Waals surface area contributed by atoms with Gasteiger partial charge in [0.15, 0.2) is 0 Å². The second-order valence-corrected chi connectivity index (χ2v) is 16.3. The number of aromatic nitrogens is 1. The van der Waals surface area contributed by atoms with Gasteiger partial charge >= 0.3 is 0 Å². The van der Waals surface area contributed by atoms with E-state index in [-0.39, 0.29) is 17.7 Å². The summed E-state index contributed by atoms with van der Waals surface area (Å²) in [5.74, 6) is 0.0909. The summed E-state index contributed by atoms with van der Waals surface area (Å²) in [6.45, 7) is 2.17. The van der Waals surface area contributed by atoms with E-state index >= 15 is 8.78 Å². The molecule has 8 aromatic carbocycles. The molecular weight excluding hydrogens is 755 g/mol. The van der Waals surface area contributed by atoms with Gasteiger partial charge in [-0.2, -0.15) is 0 Å². The molecule has 5 heteroatoms. The lowest BCUT2D eigenvalue weighted by Gasteiger charge is -2.42. The third kappa shape index (κ3) is 5.13. The van der Waals surface area contributed by atoms with E-state index in [1.807, 2.05) is 36.4 Å². The number of halogens is 2. The van der Waals surface area contributed by atoms with Gasteiger partial charge in [-0.05, 0) is 113 Å². The predicted octanol–water partition coefficient (Wildman–Crippen LogP) is 14.5. The predicted molar refractivity (Wildman–Crippen MR) is 243 cm³/mol. The number of aryl methyl sites for hydroxylation is 1. The number of rotatable bonds is 6. The molecule has 0 saturated heterocycles. The molecule has 0 saturated carbocycles. The number of hydrogen-bond acceptors (Lipinski definition) is 2.